The first-order valence-electron chi connectivity index (χ1n) is 7.19. The van der Waals surface area contributed by atoms with Crippen molar-refractivity contribution >= 4 is 58.1 Å². The molecule has 2 aromatic carbocycles. The van der Waals surface area contributed by atoms with E-state index in [0.717, 1.165) is 9.13 Å². The van der Waals surface area contributed by atoms with E-state index in [2.05, 4.69) is 27.6 Å². The summed E-state index contributed by atoms with van der Waals surface area (Å²) in [5.41, 5.74) is 1.46. The summed E-state index contributed by atoms with van der Waals surface area (Å²) in [6, 6.07) is 12.1. The normalized spacial score (nSPS) is 15.1. The molecule has 0 atom stereocenters. The van der Waals surface area contributed by atoms with Crippen molar-refractivity contribution in [2.75, 3.05) is 0 Å². The zero-order valence-electron chi connectivity index (χ0n) is 13.0. The molecule has 0 aliphatic carbocycles. The van der Waals surface area contributed by atoms with Crippen molar-refractivity contribution in [3.05, 3.63) is 67.9 Å². The van der Waals surface area contributed by atoms with Crippen molar-refractivity contribution in [2.24, 2.45) is 4.99 Å². The van der Waals surface area contributed by atoms with Crippen LogP contribution >= 0.6 is 34.2 Å². The van der Waals surface area contributed by atoms with E-state index in [4.69, 9.17) is 21.1 Å². The molecule has 0 bridgehead atoms. The maximum absolute atomic E-state index is 12.1. The van der Waals surface area contributed by atoms with E-state index < -0.39 is 11.9 Å². The predicted octanol–water partition coefficient (Wildman–Crippen LogP) is 4.21. The third kappa shape index (κ3) is 4.26. The number of cyclic esters (lactones) is 1. The van der Waals surface area contributed by atoms with E-state index in [1.807, 2.05) is 6.07 Å². The molecule has 0 spiro atoms. The first-order chi connectivity index (χ1) is 11.9. The fourth-order valence-electron chi connectivity index (χ4n) is 2.14. The molecule has 126 valence electrons. The number of aliphatic imine (C=N–C) groups is 1. The molecule has 0 N–H and O–H groups in total. The van der Waals surface area contributed by atoms with Gasteiger partial charge in [-0.05, 0) is 64.6 Å². The van der Waals surface area contributed by atoms with Gasteiger partial charge in [-0.3, -0.25) is 4.79 Å². The Hall–Kier alpha value is -2.19. The molecule has 0 unspecified atom stereocenters. The van der Waals surface area contributed by atoms with Gasteiger partial charge in [-0.2, -0.15) is 0 Å². The minimum Gasteiger partial charge on any atom is -0.427 e. The molecule has 0 radical (unpaired) electrons. The van der Waals surface area contributed by atoms with Gasteiger partial charge in [-0.25, -0.2) is 9.79 Å². The Kier molecular flexibility index (Phi) is 5.19. The Morgan fingerprint density at radius 2 is 1.96 bits per heavy atom. The van der Waals surface area contributed by atoms with Gasteiger partial charge in [-0.15, -0.1) is 0 Å². The largest absolute Gasteiger partial charge is 0.427 e. The number of carbonyl (C=O) groups is 2. The highest BCUT2D eigenvalue weighted by Crippen LogP contribution is 2.25. The summed E-state index contributed by atoms with van der Waals surface area (Å²) in [5, 5.41) is 0.457. The lowest BCUT2D eigenvalue weighted by atomic mass is 10.2. The number of halogens is 2. The van der Waals surface area contributed by atoms with Gasteiger partial charge in [0.25, 0.3) is 0 Å². The molecule has 0 saturated carbocycles. The second kappa shape index (κ2) is 7.37. The van der Waals surface area contributed by atoms with Crippen LogP contribution in [0, 0.1) is 3.57 Å². The topological polar surface area (TPSA) is 65.0 Å². The predicted molar refractivity (Wildman–Crippen MR) is 103 cm³/mol. The molecule has 2 aromatic rings. The Bertz CT molecular complexity index is 919. The third-order valence-electron chi connectivity index (χ3n) is 3.22. The van der Waals surface area contributed by atoms with Crippen LogP contribution in [0.4, 0.5) is 0 Å². The van der Waals surface area contributed by atoms with Gasteiger partial charge in [0.2, 0.25) is 5.90 Å². The maximum Gasteiger partial charge on any atom is 0.363 e. The number of hydrogen-bond acceptors (Lipinski definition) is 5. The van der Waals surface area contributed by atoms with Crippen LogP contribution in [0.1, 0.15) is 18.1 Å². The average molecular weight is 468 g/mol. The van der Waals surface area contributed by atoms with Gasteiger partial charge in [-0.1, -0.05) is 23.7 Å². The summed E-state index contributed by atoms with van der Waals surface area (Å²) < 4.78 is 11.1. The lowest BCUT2D eigenvalue weighted by Gasteiger charge is -2.02. The molecule has 5 nitrogen and oxygen atoms in total. The average Bonchev–Trinajstić information content (AvgIpc) is 2.92. The lowest BCUT2D eigenvalue weighted by Crippen LogP contribution is -2.06. The highest BCUT2D eigenvalue weighted by atomic mass is 127. The summed E-state index contributed by atoms with van der Waals surface area (Å²) in [5.74, 6) is -0.335. The van der Waals surface area contributed by atoms with Crippen LogP contribution < -0.4 is 4.74 Å². The summed E-state index contributed by atoms with van der Waals surface area (Å²) >= 11 is 8.30. The first-order valence-corrected chi connectivity index (χ1v) is 8.64. The van der Waals surface area contributed by atoms with Gasteiger partial charge in [0.1, 0.15) is 5.75 Å². The lowest BCUT2D eigenvalue weighted by molar-refractivity contribution is -0.132. The number of ether oxygens (including phenoxy) is 2. The quantitative estimate of drug-likeness (QED) is 0.294. The van der Waals surface area contributed by atoms with Crippen molar-refractivity contribution in [3.8, 4) is 5.75 Å². The van der Waals surface area contributed by atoms with E-state index >= 15 is 0 Å². The highest BCUT2D eigenvalue weighted by molar-refractivity contribution is 14.1. The van der Waals surface area contributed by atoms with Gasteiger partial charge in [0, 0.05) is 10.5 Å². The Balaban J connectivity index is 1.88. The fraction of sp³-hybridized carbons (Fsp3) is 0.0556. The van der Waals surface area contributed by atoms with E-state index in [9.17, 15) is 9.59 Å². The van der Waals surface area contributed by atoms with Crippen molar-refractivity contribution < 1.29 is 19.1 Å². The molecule has 1 heterocycles. The minimum atomic E-state index is -0.547. The van der Waals surface area contributed by atoms with Gasteiger partial charge < -0.3 is 9.47 Å². The van der Waals surface area contributed by atoms with E-state index in [-0.39, 0.29) is 11.6 Å². The molecule has 1 aliphatic heterocycles. The van der Waals surface area contributed by atoms with Crippen molar-refractivity contribution in [1.82, 2.24) is 0 Å². The SMILES string of the molecule is CC(=O)Oc1ccc(/C=C2/N=C(c3cc(I)ccc3Cl)OC2=O)cc1. The molecule has 1 aliphatic rings. The van der Waals surface area contributed by atoms with Crippen molar-refractivity contribution in [3.63, 3.8) is 0 Å². The molecule has 7 heteroatoms. The summed E-state index contributed by atoms with van der Waals surface area (Å²) in [7, 11) is 0. The van der Waals surface area contributed by atoms with Crippen molar-refractivity contribution in [2.45, 2.75) is 6.92 Å². The Morgan fingerprint density at radius 1 is 1.24 bits per heavy atom. The number of rotatable bonds is 3. The van der Waals surface area contributed by atoms with Gasteiger partial charge >= 0.3 is 11.9 Å². The Morgan fingerprint density at radius 3 is 2.64 bits per heavy atom. The van der Waals surface area contributed by atoms with Crippen LogP contribution in [0.15, 0.2) is 53.2 Å². The minimum absolute atomic E-state index is 0.171. The first kappa shape index (κ1) is 17.6. The maximum atomic E-state index is 12.1. The molecule has 25 heavy (non-hydrogen) atoms. The highest BCUT2D eigenvalue weighted by Gasteiger charge is 2.25. The number of esters is 2. The zero-order valence-corrected chi connectivity index (χ0v) is 15.9. The van der Waals surface area contributed by atoms with E-state index in [1.54, 1.807) is 42.5 Å². The van der Waals surface area contributed by atoms with Crippen LogP contribution in [0.5, 0.6) is 5.75 Å². The van der Waals surface area contributed by atoms with Crippen LogP contribution in [-0.2, 0) is 14.3 Å². The molecular formula is C18H11ClINO4. The number of benzene rings is 2. The van der Waals surface area contributed by atoms with Gasteiger partial charge in [0.15, 0.2) is 5.70 Å². The Labute approximate surface area is 162 Å². The number of hydrogen-bond donors (Lipinski definition) is 0. The molecule has 0 fully saturated rings. The van der Waals surface area contributed by atoms with Crippen LogP contribution in [0.3, 0.4) is 0 Å². The van der Waals surface area contributed by atoms with E-state index in [0.29, 0.717) is 16.3 Å². The second-order valence-electron chi connectivity index (χ2n) is 5.12. The molecule has 0 saturated heterocycles. The number of nitrogens with zero attached hydrogens (tertiary/aromatic N) is 1. The van der Waals surface area contributed by atoms with Gasteiger partial charge in [0.05, 0.1) is 10.6 Å². The van der Waals surface area contributed by atoms with E-state index in [1.165, 1.54) is 6.92 Å². The summed E-state index contributed by atoms with van der Waals surface area (Å²) in [4.78, 5) is 27.2. The smallest absolute Gasteiger partial charge is 0.363 e. The van der Waals surface area contributed by atoms with Crippen molar-refractivity contribution in [1.29, 1.82) is 0 Å². The molecule has 0 amide bonds. The summed E-state index contributed by atoms with van der Waals surface area (Å²) in [6.07, 6.45) is 1.59. The van der Waals surface area contributed by atoms with Crippen LogP contribution in [0.2, 0.25) is 5.02 Å². The fourth-order valence-corrected chi connectivity index (χ4v) is 2.83. The van der Waals surface area contributed by atoms with Crippen LogP contribution in [-0.4, -0.2) is 17.8 Å². The zero-order chi connectivity index (χ0) is 18.0. The monoisotopic (exact) mass is 467 g/mol. The second-order valence-corrected chi connectivity index (χ2v) is 6.78. The number of carbonyl (C=O) groups excluding carboxylic acids is 2. The molecule has 3 rings (SSSR count). The van der Waals surface area contributed by atoms with Crippen LogP contribution in [0.25, 0.3) is 6.08 Å². The summed E-state index contributed by atoms with van der Waals surface area (Å²) in [6.45, 7) is 1.33. The molecular weight excluding hydrogens is 457 g/mol. The molecule has 0 aromatic heterocycles. The standard InChI is InChI=1S/C18H11ClINO4/c1-10(22)24-13-5-2-11(3-6-13)8-16-18(23)25-17(21-16)14-9-12(20)4-7-15(14)19/h2-9H,1H3/b16-8+. The third-order valence-corrected chi connectivity index (χ3v) is 4.22.